The van der Waals surface area contributed by atoms with Gasteiger partial charge in [0.1, 0.15) is 5.69 Å². The third kappa shape index (κ3) is 2.10. The van der Waals surface area contributed by atoms with Crippen molar-refractivity contribution >= 4 is 11.6 Å². The number of hydrogen-bond donors (Lipinski definition) is 1. The van der Waals surface area contributed by atoms with Crippen molar-refractivity contribution in [2.24, 2.45) is 0 Å². The van der Waals surface area contributed by atoms with Crippen molar-refractivity contribution in [1.29, 1.82) is 0 Å². The summed E-state index contributed by atoms with van der Waals surface area (Å²) in [6.07, 6.45) is -2.87. The third-order valence-corrected chi connectivity index (χ3v) is 1.69. The molecule has 0 saturated carbocycles. The molecule has 13 heavy (non-hydrogen) atoms. The molecule has 0 aliphatic rings. The molecule has 1 aromatic heterocycles. The Morgan fingerprint density at radius 3 is 2.62 bits per heavy atom. The summed E-state index contributed by atoms with van der Waals surface area (Å²) in [4.78, 5) is 3.12. The van der Waals surface area contributed by atoms with Gasteiger partial charge < -0.3 is 5.11 Å². The number of alkyl halides is 2. The fourth-order valence-corrected chi connectivity index (χ4v) is 0.979. The van der Waals surface area contributed by atoms with Gasteiger partial charge in [-0.25, -0.2) is 18.2 Å². The van der Waals surface area contributed by atoms with E-state index in [9.17, 15) is 13.2 Å². The van der Waals surface area contributed by atoms with Crippen LogP contribution in [0.2, 0.25) is 5.15 Å². The van der Waals surface area contributed by atoms with Crippen LogP contribution in [0, 0.1) is 5.82 Å². The van der Waals surface area contributed by atoms with Gasteiger partial charge in [0.25, 0.3) is 6.43 Å². The zero-order chi connectivity index (χ0) is 10.0. The third-order valence-electron chi connectivity index (χ3n) is 1.42. The van der Waals surface area contributed by atoms with Crippen LogP contribution in [0.5, 0.6) is 0 Å². The molecule has 2 nitrogen and oxygen atoms in total. The maximum absolute atomic E-state index is 12.7. The standard InChI is InChI=1S/C7H5ClF3NO/c8-6-4(9)1-3(2-13)5(12-6)7(10)11/h1,7,13H,2H2. The molecule has 0 amide bonds. The molecule has 0 atom stereocenters. The van der Waals surface area contributed by atoms with Gasteiger partial charge in [-0.2, -0.15) is 0 Å². The molecule has 1 rings (SSSR count). The maximum atomic E-state index is 12.7. The van der Waals surface area contributed by atoms with Crippen LogP contribution in [0.1, 0.15) is 17.7 Å². The van der Waals surface area contributed by atoms with E-state index in [1.165, 1.54) is 0 Å². The first-order chi connectivity index (χ1) is 6.06. The van der Waals surface area contributed by atoms with E-state index in [0.717, 1.165) is 6.07 Å². The Kier molecular flexibility index (Phi) is 3.11. The van der Waals surface area contributed by atoms with E-state index in [1.807, 2.05) is 0 Å². The second-order valence-corrected chi connectivity index (χ2v) is 2.62. The Morgan fingerprint density at radius 2 is 2.15 bits per heavy atom. The number of halogens is 4. The summed E-state index contributed by atoms with van der Waals surface area (Å²) in [5, 5.41) is 7.98. The monoisotopic (exact) mass is 211 g/mol. The largest absolute Gasteiger partial charge is 0.392 e. The quantitative estimate of drug-likeness (QED) is 0.762. The average Bonchev–Trinajstić information content (AvgIpc) is 2.08. The Labute approximate surface area is 77.0 Å². The van der Waals surface area contributed by atoms with E-state index in [0.29, 0.717) is 0 Å². The number of aliphatic hydroxyl groups excluding tert-OH is 1. The van der Waals surface area contributed by atoms with Crippen LogP contribution in [-0.4, -0.2) is 10.1 Å². The first-order valence-corrected chi connectivity index (χ1v) is 3.68. The second kappa shape index (κ2) is 3.93. The summed E-state index contributed by atoms with van der Waals surface area (Å²) in [6.45, 7) is -0.694. The average molecular weight is 212 g/mol. The molecule has 1 heterocycles. The number of rotatable bonds is 2. The van der Waals surface area contributed by atoms with Gasteiger partial charge in [-0.05, 0) is 6.07 Å². The van der Waals surface area contributed by atoms with E-state index in [4.69, 9.17) is 16.7 Å². The van der Waals surface area contributed by atoms with Crippen molar-refractivity contribution in [3.8, 4) is 0 Å². The minimum atomic E-state index is -2.87. The van der Waals surface area contributed by atoms with Crippen LogP contribution in [0.15, 0.2) is 6.07 Å². The highest BCUT2D eigenvalue weighted by molar-refractivity contribution is 6.29. The summed E-state index contributed by atoms with van der Waals surface area (Å²) in [7, 11) is 0. The highest BCUT2D eigenvalue weighted by atomic mass is 35.5. The molecule has 0 saturated heterocycles. The SMILES string of the molecule is OCc1cc(F)c(Cl)nc1C(F)F. The Morgan fingerprint density at radius 1 is 1.54 bits per heavy atom. The number of hydrogen-bond acceptors (Lipinski definition) is 2. The summed E-state index contributed by atoms with van der Waals surface area (Å²) in [5.41, 5.74) is -0.939. The lowest BCUT2D eigenvalue weighted by atomic mass is 10.2. The van der Waals surface area contributed by atoms with Crippen LogP contribution in [0.4, 0.5) is 13.2 Å². The van der Waals surface area contributed by atoms with Crippen molar-refractivity contribution < 1.29 is 18.3 Å². The van der Waals surface area contributed by atoms with Gasteiger partial charge in [-0.3, -0.25) is 0 Å². The number of aromatic nitrogens is 1. The zero-order valence-corrected chi connectivity index (χ0v) is 7.02. The molecule has 0 aromatic carbocycles. The Bertz CT molecular complexity index is 319. The van der Waals surface area contributed by atoms with Crippen LogP contribution in [0.3, 0.4) is 0 Å². The van der Waals surface area contributed by atoms with Gasteiger partial charge >= 0.3 is 0 Å². The van der Waals surface area contributed by atoms with Crippen molar-refractivity contribution in [3.05, 3.63) is 28.3 Å². The lowest BCUT2D eigenvalue weighted by Crippen LogP contribution is -2.00. The summed E-state index contributed by atoms with van der Waals surface area (Å²) < 4.78 is 37.0. The minimum Gasteiger partial charge on any atom is -0.392 e. The van der Waals surface area contributed by atoms with Crippen molar-refractivity contribution in [2.75, 3.05) is 0 Å². The molecule has 6 heteroatoms. The fraction of sp³-hybridized carbons (Fsp3) is 0.286. The summed E-state index contributed by atoms with van der Waals surface area (Å²) >= 11 is 5.19. The number of pyridine rings is 1. The van der Waals surface area contributed by atoms with Gasteiger partial charge in [-0.1, -0.05) is 11.6 Å². The fourth-order valence-electron chi connectivity index (χ4n) is 0.833. The molecule has 0 aliphatic carbocycles. The van der Waals surface area contributed by atoms with E-state index >= 15 is 0 Å². The van der Waals surface area contributed by atoms with Crippen LogP contribution in [-0.2, 0) is 6.61 Å². The molecule has 0 bridgehead atoms. The summed E-state index contributed by atoms with van der Waals surface area (Å²) in [5.74, 6) is -0.921. The van der Waals surface area contributed by atoms with E-state index in [1.54, 1.807) is 0 Å². The zero-order valence-electron chi connectivity index (χ0n) is 6.27. The molecule has 1 N–H and O–H groups in total. The van der Waals surface area contributed by atoms with E-state index < -0.39 is 29.7 Å². The molecule has 0 radical (unpaired) electrons. The highest BCUT2D eigenvalue weighted by Gasteiger charge is 2.17. The van der Waals surface area contributed by atoms with Crippen molar-refractivity contribution in [1.82, 2.24) is 4.98 Å². The topological polar surface area (TPSA) is 33.1 Å². The van der Waals surface area contributed by atoms with Gasteiger partial charge in [0.2, 0.25) is 0 Å². The lowest BCUT2D eigenvalue weighted by Gasteiger charge is -2.05. The van der Waals surface area contributed by atoms with Crippen molar-refractivity contribution in [3.63, 3.8) is 0 Å². The molecule has 72 valence electrons. The molecular formula is C7H5ClF3NO. The van der Waals surface area contributed by atoms with Crippen LogP contribution < -0.4 is 0 Å². The van der Waals surface area contributed by atoms with E-state index in [-0.39, 0.29) is 5.56 Å². The molecule has 0 aliphatic heterocycles. The van der Waals surface area contributed by atoms with Crippen LogP contribution >= 0.6 is 11.6 Å². The Balaban J connectivity index is 3.25. The van der Waals surface area contributed by atoms with Crippen molar-refractivity contribution in [2.45, 2.75) is 13.0 Å². The highest BCUT2D eigenvalue weighted by Crippen LogP contribution is 2.24. The molecular weight excluding hydrogens is 207 g/mol. The second-order valence-electron chi connectivity index (χ2n) is 2.26. The maximum Gasteiger partial charge on any atom is 0.280 e. The normalized spacial score (nSPS) is 10.9. The van der Waals surface area contributed by atoms with Gasteiger partial charge in [0.05, 0.1) is 6.61 Å². The molecule has 0 fully saturated rings. The molecule has 1 aromatic rings. The minimum absolute atomic E-state index is 0.253. The number of nitrogens with zero attached hydrogens (tertiary/aromatic N) is 1. The lowest BCUT2D eigenvalue weighted by molar-refractivity contribution is 0.141. The van der Waals surface area contributed by atoms with E-state index in [2.05, 4.69) is 4.98 Å². The van der Waals surface area contributed by atoms with Gasteiger partial charge in [-0.15, -0.1) is 0 Å². The molecule has 0 unspecified atom stereocenters. The van der Waals surface area contributed by atoms with Gasteiger partial charge in [0.15, 0.2) is 11.0 Å². The summed E-state index contributed by atoms with van der Waals surface area (Å²) in [6, 6.07) is 0.747. The smallest absolute Gasteiger partial charge is 0.280 e. The van der Waals surface area contributed by atoms with Gasteiger partial charge in [0, 0.05) is 5.56 Å². The predicted molar refractivity (Wildman–Crippen MR) is 40.1 cm³/mol. The predicted octanol–water partition coefficient (Wildman–Crippen LogP) is 2.30. The molecule has 0 spiro atoms. The van der Waals surface area contributed by atoms with Crippen LogP contribution in [0.25, 0.3) is 0 Å². The first-order valence-electron chi connectivity index (χ1n) is 3.30. The Hall–Kier alpha value is -0.810. The first kappa shape index (κ1) is 10.3. The number of aliphatic hydroxyl groups is 1.